The lowest BCUT2D eigenvalue weighted by Crippen LogP contribution is -2.39. The Labute approximate surface area is 159 Å². The minimum absolute atomic E-state index is 0.165. The van der Waals surface area contributed by atoms with Crippen molar-refractivity contribution in [1.82, 2.24) is 10.3 Å². The molecule has 1 aromatic heterocycles. The van der Waals surface area contributed by atoms with Crippen LogP contribution in [0.5, 0.6) is 0 Å². The van der Waals surface area contributed by atoms with Crippen LogP contribution in [-0.4, -0.2) is 29.4 Å². The molecule has 132 valence electrons. The highest BCUT2D eigenvalue weighted by atomic mass is 79.9. The first-order chi connectivity index (χ1) is 12.6. The van der Waals surface area contributed by atoms with E-state index >= 15 is 0 Å². The Morgan fingerprint density at radius 3 is 2.69 bits per heavy atom. The Kier molecular flexibility index (Phi) is 4.61. The number of carbonyl (C=O) groups is 2. The van der Waals surface area contributed by atoms with E-state index in [1.54, 1.807) is 12.1 Å². The van der Waals surface area contributed by atoms with E-state index in [4.69, 9.17) is 0 Å². The second-order valence-corrected chi connectivity index (χ2v) is 7.28. The summed E-state index contributed by atoms with van der Waals surface area (Å²) in [7, 11) is 0. The SMILES string of the molecule is O=C1C[C@@H](NCCc2c[nH]c3ccccc23)C(=O)N1c1ccc(Br)cc1. The minimum Gasteiger partial charge on any atom is -0.361 e. The fraction of sp³-hybridized carbons (Fsp3) is 0.200. The molecule has 0 saturated carbocycles. The monoisotopic (exact) mass is 411 g/mol. The number of rotatable bonds is 5. The second kappa shape index (κ2) is 7.05. The highest BCUT2D eigenvalue weighted by Crippen LogP contribution is 2.25. The van der Waals surface area contributed by atoms with Gasteiger partial charge in [0.2, 0.25) is 5.91 Å². The number of nitrogens with zero attached hydrogens (tertiary/aromatic N) is 1. The molecule has 26 heavy (non-hydrogen) atoms. The molecule has 0 aliphatic carbocycles. The van der Waals surface area contributed by atoms with E-state index in [0.29, 0.717) is 12.2 Å². The molecule has 0 bridgehead atoms. The van der Waals surface area contributed by atoms with Gasteiger partial charge in [-0.15, -0.1) is 0 Å². The Bertz CT molecular complexity index is 965. The Morgan fingerprint density at radius 1 is 1.12 bits per heavy atom. The summed E-state index contributed by atoms with van der Waals surface area (Å²) in [6.07, 6.45) is 2.99. The van der Waals surface area contributed by atoms with Crippen LogP contribution in [0.25, 0.3) is 10.9 Å². The maximum Gasteiger partial charge on any atom is 0.251 e. The van der Waals surface area contributed by atoms with Gasteiger partial charge < -0.3 is 10.3 Å². The van der Waals surface area contributed by atoms with Crippen LogP contribution >= 0.6 is 15.9 Å². The molecular formula is C20H18BrN3O2. The third-order valence-corrected chi connectivity index (χ3v) is 5.22. The number of halogens is 1. The Balaban J connectivity index is 1.40. The zero-order chi connectivity index (χ0) is 18.1. The molecule has 0 spiro atoms. The maximum absolute atomic E-state index is 12.6. The molecule has 5 nitrogen and oxygen atoms in total. The van der Waals surface area contributed by atoms with Crippen molar-refractivity contribution < 1.29 is 9.59 Å². The van der Waals surface area contributed by atoms with Crippen LogP contribution in [0, 0.1) is 0 Å². The van der Waals surface area contributed by atoms with Crippen molar-refractivity contribution in [2.75, 3.05) is 11.4 Å². The summed E-state index contributed by atoms with van der Waals surface area (Å²) in [5.74, 6) is -0.349. The number of H-pyrrole nitrogens is 1. The molecule has 1 fully saturated rings. The molecular weight excluding hydrogens is 394 g/mol. The number of anilines is 1. The van der Waals surface area contributed by atoms with Crippen LogP contribution < -0.4 is 10.2 Å². The molecule has 3 aromatic rings. The topological polar surface area (TPSA) is 65.2 Å². The fourth-order valence-electron chi connectivity index (χ4n) is 3.37. The number of fused-ring (bicyclic) bond motifs is 1. The Morgan fingerprint density at radius 2 is 1.88 bits per heavy atom. The van der Waals surface area contributed by atoms with Crippen molar-refractivity contribution in [3.8, 4) is 0 Å². The van der Waals surface area contributed by atoms with Gasteiger partial charge in [0, 0.05) is 28.1 Å². The van der Waals surface area contributed by atoms with Crippen molar-refractivity contribution in [2.45, 2.75) is 18.9 Å². The summed E-state index contributed by atoms with van der Waals surface area (Å²) >= 11 is 3.36. The molecule has 2 amide bonds. The molecule has 0 unspecified atom stereocenters. The van der Waals surface area contributed by atoms with Gasteiger partial charge in [-0.05, 0) is 42.3 Å². The van der Waals surface area contributed by atoms with E-state index < -0.39 is 6.04 Å². The van der Waals surface area contributed by atoms with Gasteiger partial charge >= 0.3 is 0 Å². The summed E-state index contributed by atoms with van der Waals surface area (Å²) in [5, 5.41) is 4.43. The van der Waals surface area contributed by atoms with Crippen LogP contribution in [0.4, 0.5) is 5.69 Å². The normalized spacial score (nSPS) is 17.4. The van der Waals surface area contributed by atoms with Crippen LogP contribution in [0.3, 0.4) is 0 Å². The molecule has 1 saturated heterocycles. The highest BCUT2D eigenvalue weighted by Gasteiger charge is 2.39. The third-order valence-electron chi connectivity index (χ3n) is 4.69. The summed E-state index contributed by atoms with van der Waals surface area (Å²) in [6.45, 7) is 0.639. The number of carbonyl (C=O) groups excluding carboxylic acids is 2. The van der Waals surface area contributed by atoms with Crippen LogP contribution in [0.2, 0.25) is 0 Å². The third kappa shape index (κ3) is 3.18. The number of para-hydroxylation sites is 1. The fourth-order valence-corrected chi connectivity index (χ4v) is 3.64. The van der Waals surface area contributed by atoms with Crippen molar-refractivity contribution in [3.05, 3.63) is 64.8 Å². The largest absolute Gasteiger partial charge is 0.361 e. The van der Waals surface area contributed by atoms with E-state index in [1.165, 1.54) is 15.8 Å². The first-order valence-corrected chi connectivity index (χ1v) is 9.33. The van der Waals surface area contributed by atoms with Gasteiger partial charge in [-0.25, -0.2) is 4.90 Å². The van der Waals surface area contributed by atoms with Gasteiger partial charge in [-0.2, -0.15) is 0 Å². The Hall–Kier alpha value is -2.44. The smallest absolute Gasteiger partial charge is 0.251 e. The quantitative estimate of drug-likeness (QED) is 0.632. The standard InChI is InChI=1S/C20H18BrN3O2/c21-14-5-7-15(8-6-14)24-19(25)11-18(20(24)26)22-10-9-13-12-23-17-4-2-1-3-16(13)17/h1-8,12,18,22-23H,9-11H2/t18-/m1/s1. The van der Waals surface area contributed by atoms with E-state index in [1.807, 2.05) is 36.5 Å². The van der Waals surface area contributed by atoms with Crippen molar-refractivity contribution >= 4 is 44.3 Å². The van der Waals surface area contributed by atoms with E-state index in [0.717, 1.165) is 16.4 Å². The van der Waals surface area contributed by atoms with Gasteiger partial charge in [0.1, 0.15) is 0 Å². The minimum atomic E-state index is -0.462. The lowest BCUT2D eigenvalue weighted by Gasteiger charge is -2.15. The van der Waals surface area contributed by atoms with Gasteiger partial charge in [0.05, 0.1) is 18.2 Å². The molecule has 1 aliphatic rings. The number of aromatic amines is 1. The average Bonchev–Trinajstić information content (AvgIpc) is 3.17. The van der Waals surface area contributed by atoms with Gasteiger partial charge in [0.15, 0.2) is 0 Å². The average molecular weight is 412 g/mol. The predicted octanol–water partition coefficient (Wildman–Crippen LogP) is 3.39. The van der Waals surface area contributed by atoms with Crippen molar-refractivity contribution in [3.63, 3.8) is 0 Å². The molecule has 6 heteroatoms. The second-order valence-electron chi connectivity index (χ2n) is 6.36. The first kappa shape index (κ1) is 17.0. The van der Waals surface area contributed by atoms with Crippen LogP contribution in [-0.2, 0) is 16.0 Å². The summed E-state index contributed by atoms with van der Waals surface area (Å²) in [5.41, 5.74) is 2.93. The molecule has 1 atom stereocenters. The molecule has 4 rings (SSSR count). The van der Waals surface area contributed by atoms with Gasteiger partial charge in [0.25, 0.3) is 5.91 Å². The lowest BCUT2D eigenvalue weighted by molar-refractivity contribution is -0.121. The van der Waals surface area contributed by atoms with E-state index in [9.17, 15) is 9.59 Å². The van der Waals surface area contributed by atoms with Crippen molar-refractivity contribution in [2.24, 2.45) is 0 Å². The van der Waals surface area contributed by atoms with Crippen LogP contribution in [0.15, 0.2) is 59.2 Å². The molecule has 2 N–H and O–H groups in total. The summed E-state index contributed by atoms with van der Waals surface area (Å²) in [4.78, 5) is 29.5. The number of benzene rings is 2. The zero-order valence-electron chi connectivity index (χ0n) is 14.0. The number of hydrogen-bond acceptors (Lipinski definition) is 3. The van der Waals surface area contributed by atoms with E-state index in [-0.39, 0.29) is 18.2 Å². The number of aromatic nitrogens is 1. The molecule has 1 aliphatic heterocycles. The molecule has 0 radical (unpaired) electrons. The van der Waals surface area contributed by atoms with E-state index in [2.05, 4.69) is 32.3 Å². The molecule has 2 heterocycles. The lowest BCUT2D eigenvalue weighted by atomic mass is 10.1. The number of amides is 2. The summed E-state index contributed by atoms with van der Waals surface area (Å²) in [6, 6.07) is 14.9. The summed E-state index contributed by atoms with van der Waals surface area (Å²) < 4.78 is 0.911. The highest BCUT2D eigenvalue weighted by molar-refractivity contribution is 9.10. The molecule has 2 aromatic carbocycles. The number of imide groups is 1. The van der Waals surface area contributed by atoms with Crippen molar-refractivity contribution in [1.29, 1.82) is 0 Å². The predicted molar refractivity (Wildman–Crippen MR) is 105 cm³/mol. The van der Waals surface area contributed by atoms with Gasteiger partial charge in [-0.1, -0.05) is 34.1 Å². The maximum atomic E-state index is 12.6. The van der Waals surface area contributed by atoms with Gasteiger partial charge in [-0.3, -0.25) is 9.59 Å². The zero-order valence-corrected chi connectivity index (χ0v) is 15.6. The number of hydrogen-bond donors (Lipinski definition) is 2. The van der Waals surface area contributed by atoms with Crippen LogP contribution in [0.1, 0.15) is 12.0 Å². The number of nitrogens with one attached hydrogen (secondary N) is 2. The first-order valence-electron chi connectivity index (χ1n) is 8.54.